The summed E-state index contributed by atoms with van der Waals surface area (Å²) >= 11 is 0. The average molecular weight is 310 g/mol. The van der Waals surface area contributed by atoms with E-state index in [1.165, 1.54) is 0 Å². The fourth-order valence-corrected chi connectivity index (χ4v) is 3.59. The van der Waals surface area contributed by atoms with E-state index in [0.717, 1.165) is 12.1 Å². The lowest BCUT2D eigenvalue weighted by Crippen LogP contribution is -2.36. The maximum Gasteiger partial charge on any atom is 0.410 e. The fraction of sp³-hybridized carbons (Fsp3) is 0.600. The number of hydrogen-bond acceptors (Lipinski definition) is 4. The normalized spacial score (nSPS) is 20.3. The third kappa shape index (κ3) is 4.81. The highest BCUT2D eigenvalue weighted by Crippen LogP contribution is 2.20. The molecule has 21 heavy (non-hydrogen) atoms. The highest BCUT2D eigenvalue weighted by atomic mass is 32.2. The Kier molecular flexibility index (Phi) is 4.98. The van der Waals surface area contributed by atoms with Crippen molar-refractivity contribution in [3.63, 3.8) is 0 Å². The molecule has 0 aromatic carbocycles. The molecule has 1 aromatic heterocycles. The smallest absolute Gasteiger partial charge is 0.410 e. The molecule has 0 N–H and O–H groups in total. The Morgan fingerprint density at radius 1 is 1.48 bits per heavy atom. The molecule has 1 amide bonds. The standard InChI is InChI=1S/C15H22N2O3S/c1-15(2,3)20-14(18)17-9-7-13(10-17)21(19)11-12-6-4-5-8-16-12/h4-6,8,13H,7,9-11H2,1-3H3/t13-,21-/m1/s1. The van der Waals surface area contributed by atoms with Crippen molar-refractivity contribution < 1.29 is 13.7 Å². The zero-order valence-electron chi connectivity index (χ0n) is 12.7. The summed E-state index contributed by atoms with van der Waals surface area (Å²) in [4.78, 5) is 17.8. The van der Waals surface area contributed by atoms with Crippen LogP contribution in [0, 0.1) is 0 Å². The van der Waals surface area contributed by atoms with Crippen LogP contribution in [0.5, 0.6) is 0 Å². The van der Waals surface area contributed by atoms with Crippen LogP contribution in [0.3, 0.4) is 0 Å². The second-order valence-corrected chi connectivity index (χ2v) is 7.90. The second-order valence-electron chi connectivity index (χ2n) is 6.18. The fourth-order valence-electron chi connectivity index (χ4n) is 2.18. The number of carbonyl (C=O) groups excluding carboxylic acids is 1. The largest absolute Gasteiger partial charge is 0.444 e. The first-order valence-corrected chi connectivity index (χ1v) is 8.48. The zero-order chi connectivity index (χ0) is 15.5. The number of carbonyl (C=O) groups is 1. The Labute approximate surface area is 128 Å². The van der Waals surface area contributed by atoms with Crippen LogP contribution in [0.1, 0.15) is 32.9 Å². The average Bonchev–Trinajstić information content (AvgIpc) is 2.87. The Bertz CT molecular complexity index is 513. The molecule has 1 aromatic rings. The summed E-state index contributed by atoms with van der Waals surface area (Å²) in [5.74, 6) is 0.438. The molecule has 0 bridgehead atoms. The topological polar surface area (TPSA) is 59.5 Å². The lowest BCUT2D eigenvalue weighted by Gasteiger charge is -2.24. The molecule has 1 aliphatic heterocycles. The monoisotopic (exact) mass is 310 g/mol. The summed E-state index contributed by atoms with van der Waals surface area (Å²) in [5, 5.41) is -0.000440. The van der Waals surface area contributed by atoms with Gasteiger partial charge >= 0.3 is 6.09 Å². The molecule has 2 atom stereocenters. The number of rotatable bonds is 3. The number of likely N-dealkylation sites (tertiary alicyclic amines) is 1. The van der Waals surface area contributed by atoms with Gasteiger partial charge in [0.1, 0.15) is 5.60 Å². The van der Waals surface area contributed by atoms with Gasteiger partial charge in [0.05, 0.1) is 16.7 Å². The molecule has 1 fully saturated rings. The van der Waals surface area contributed by atoms with Gasteiger partial charge in [-0.05, 0) is 39.3 Å². The van der Waals surface area contributed by atoms with Gasteiger partial charge in [-0.25, -0.2) is 4.79 Å². The van der Waals surface area contributed by atoms with Gasteiger partial charge < -0.3 is 9.64 Å². The van der Waals surface area contributed by atoms with Crippen molar-refractivity contribution in [3.05, 3.63) is 30.1 Å². The summed E-state index contributed by atoms with van der Waals surface area (Å²) in [5.41, 5.74) is 0.328. The molecule has 0 radical (unpaired) electrons. The number of amides is 1. The van der Waals surface area contributed by atoms with Crippen molar-refractivity contribution in [1.29, 1.82) is 0 Å². The lowest BCUT2D eigenvalue weighted by atomic mass is 10.2. The van der Waals surface area contributed by atoms with Crippen molar-refractivity contribution in [1.82, 2.24) is 9.88 Å². The van der Waals surface area contributed by atoms with E-state index in [0.29, 0.717) is 18.8 Å². The Morgan fingerprint density at radius 3 is 2.86 bits per heavy atom. The zero-order valence-corrected chi connectivity index (χ0v) is 13.6. The first-order valence-electron chi connectivity index (χ1n) is 7.10. The first-order chi connectivity index (χ1) is 9.85. The van der Waals surface area contributed by atoms with Crippen LogP contribution in [-0.2, 0) is 21.3 Å². The van der Waals surface area contributed by atoms with E-state index in [9.17, 15) is 9.00 Å². The van der Waals surface area contributed by atoms with Crippen LogP contribution in [0.15, 0.2) is 24.4 Å². The molecule has 2 rings (SSSR count). The van der Waals surface area contributed by atoms with Crippen LogP contribution in [-0.4, -0.2) is 44.1 Å². The van der Waals surface area contributed by atoms with E-state index in [2.05, 4.69) is 4.98 Å². The van der Waals surface area contributed by atoms with Crippen LogP contribution in [0.2, 0.25) is 0 Å². The van der Waals surface area contributed by atoms with Crippen molar-refractivity contribution in [2.24, 2.45) is 0 Å². The van der Waals surface area contributed by atoms with E-state index >= 15 is 0 Å². The van der Waals surface area contributed by atoms with Gasteiger partial charge in [-0.3, -0.25) is 9.19 Å². The minimum atomic E-state index is -1.02. The highest BCUT2D eigenvalue weighted by Gasteiger charge is 2.32. The summed E-state index contributed by atoms with van der Waals surface area (Å²) < 4.78 is 17.7. The summed E-state index contributed by atoms with van der Waals surface area (Å²) in [6.07, 6.45) is 2.13. The van der Waals surface area contributed by atoms with E-state index in [1.807, 2.05) is 39.0 Å². The van der Waals surface area contributed by atoms with Crippen LogP contribution in [0.25, 0.3) is 0 Å². The molecule has 116 valence electrons. The maximum atomic E-state index is 12.4. The van der Waals surface area contributed by atoms with E-state index in [-0.39, 0.29) is 11.3 Å². The van der Waals surface area contributed by atoms with Gasteiger partial charge in [0.25, 0.3) is 0 Å². The van der Waals surface area contributed by atoms with Crippen molar-refractivity contribution >= 4 is 16.9 Å². The molecule has 1 aliphatic rings. The predicted octanol–water partition coefficient (Wildman–Crippen LogP) is 2.34. The molecule has 1 saturated heterocycles. The molecular weight excluding hydrogens is 288 g/mol. The Hall–Kier alpha value is -1.43. The van der Waals surface area contributed by atoms with Crippen molar-refractivity contribution in [2.75, 3.05) is 13.1 Å². The Balaban J connectivity index is 1.87. The minimum Gasteiger partial charge on any atom is -0.444 e. The first kappa shape index (κ1) is 15.9. The van der Waals surface area contributed by atoms with Crippen molar-refractivity contribution in [3.8, 4) is 0 Å². The molecular formula is C15H22N2O3S. The highest BCUT2D eigenvalue weighted by molar-refractivity contribution is 7.84. The number of hydrogen-bond donors (Lipinski definition) is 0. The minimum absolute atomic E-state index is 0.000440. The van der Waals surface area contributed by atoms with Gasteiger partial charge in [-0.1, -0.05) is 6.07 Å². The van der Waals surface area contributed by atoms with Crippen molar-refractivity contribution in [2.45, 2.75) is 43.8 Å². The van der Waals surface area contributed by atoms with E-state index < -0.39 is 16.4 Å². The summed E-state index contributed by atoms with van der Waals surface area (Å²) in [6.45, 7) is 6.63. The number of aromatic nitrogens is 1. The molecule has 6 heteroatoms. The quantitative estimate of drug-likeness (QED) is 0.860. The SMILES string of the molecule is CC(C)(C)OC(=O)N1CC[C@@H]([S@](=O)Cc2ccccn2)C1. The van der Waals surface area contributed by atoms with Crippen LogP contribution in [0.4, 0.5) is 4.79 Å². The maximum absolute atomic E-state index is 12.4. The predicted molar refractivity (Wildman–Crippen MR) is 82.3 cm³/mol. The molecule has 0 aliphatic carbocycles. The van der Waals surface area contributed by atoms with Gasteiger partial charge in [-0.15, -0.1) is 0 Å². The van der Waals surface area contributed by atoms with E-state index in [1.54, 1.807) is 11.1 Å². The van der Waals surface area contributed by atoms with Crippen LogP contribution < -0.4 is 0 Å². The number of pyridine rings is 1. The molecule has 0 spiro atoms. The third-order valence-electron chi connectivity index (χ3n) is 3.18. The summed E-state index contributed by atoms with van der Waals surface area (Å²) in [7, 11) is -1.02. The molecule has 2 heterocycles. The van der Waals surface area contributed by atoms with Crippen LogP contribution >= 0.6 is 0 Å². The van der Waals surface area contributed by atoms with Gasteiger partial charge in [0.15, 0.2) is 0 Å². The second kappa shape index (κ2) is 6.56. The third-order valence-corrected chi connectivity index (χ3v) is 4.89. The molecule has 0 unspecified atom stereocenters. The Morgan fingerprint density at radius 2 is 2.24 bits per heavy atom. The van der Waals surface area contributed by atoms with Gasteiger partial charge in [0, 0.05) is 30.1 Å². The lowest BCUT2D eigenvalue weighted by molar-refractivity contribution is 0.0295. The molecule has 0 saturated carbocycles. The molecule has 5 nitrogen and oxygen atoms in total. The van der Waals surface area contributed by atoms with E-state index in [4.69, 9.17) is 4.74 Å². The number of nitrogens with zero attached hydrogens (tertiary/aromatic N) is 2. The summed E-state index contributed by atoms with van der Waals surface area (Å²) in [6, 6.07) is 5.60. The van der Waals surface area contributed by atoms with Gasteiger partial charge in [-0.2, -0.15) is 0 Å². The number of ether oxygens (including phenoxy) is 1. The van der Waals surface area contributed by atoms with Gasteiger partial charge in [0.2, 0.25) is 0 Å².